The van der Waals surface area contributed by atoms with Crippen LogP contribution in [0.4, 0.5) is 0 Å². The number of hydrogen-bond donors (Lipinski definition) is 0. The Labute approximate surface area is 119 Å². The van der Waals surface area contributed by atoms with Crippen LogP contribution in [0.1, 0.15) is 19.4 Å². The van der Waals surface area contributed by atoms with Gasteiger partial charge in [-0.3, -0.25) is 4.18 Å². The summed E-state index contributed by atoms with van der Waals surface area (Å²) >= 11 is 0. The van der Waals surface area contributed by atoms with E-state index in [2.05, 4.69) is 4.74 Å². The Hall–Kier alpha value is -1.66. The van der Waals surface area contributed by atoms with Crippen molar-refractivity contribution in [2.45, 2.75) is 31.8 Å². The summed E-state index contributed by atoms with van der Waals surface area (Å²) < 4.78 is 33.6. The van der Waals surface area contributed by atoms with Crippen LogP contribution >= 0.6 is 0 Å². The molecule has 1 aromatic carbocycles. The fraction of sp³-hybridized carbons (Fsp3) is 0.357. The van der Waals surface area contributed by atoms with E-state index in [1.54, 1.807) is 19.1 Å². The zero-order chi connectivity index (χ0) is 15.2. The number of hydrogen-bond acceptors (Lipinski definition) is 5. The second kappa shape index (κ2) is 7.21. The average molecular weight is 298 g/mol. The Kier molecular flexibility index (Phi) is 5.91. The Morgan fingerprint density at radius 2 is 1.90 bits per heavy atom. The first-order valence-corrected chi connectivity index (χ1v) is 7.61. The molecule has 1 rings (SSSR count). The molecule has 110 valence electrons. The van der Waals surface area contributed by atoms with Crippen molar-refractivity contribution < 1.29 is 22.1 Å². The molecule has 0 saturated heterocycles. The number of ether oxygens (including phenoxy) is 1. The third-order valence-electron chi connectivity index (χ3n) is 2.38. The number of carbonyl (C=O) groups excluding carboxylic acids is 1. The van der Waals surface area contributed by atoms with Gasteiger partial charge in [0, 0.05) is 6.08 Å². The molecule has 0 bridgehead atoms. The first kappa shape index (κ1) is 16.4. The lowest BCUT2D eigenvalue weighted by Crippen LogP contribution is -2.14. The summed E-state index contributed by atoms with van der Waals surface area (Å²) in [5.41, 5.74) is 0.958. The quantitative estimate of drug-likeness (QED) is 0.457. The van der Waals surface area contributed by atoms with Crippen molar-refractivity contribution in [1.82, 2.24) is 0 Å². The van der Waals surface area contributed by atoms with Crippen molar-refractivity contribution in [3.05, 3.63) is 42.0 Å². The number of esters is 1. The van der Waals surface area contributed by atoms with E-state index < -0.39 is 22.2 Å². The van der Waals surface area contributed by atoms with Crippen LogP contribution in [0.25, 0.3) is 0 Å². The molecule has 6 heteroatoms. The molecule has 20 heavy (non-hydrogen) atoms. The van der Waals surface area contributed by atoms with Gasteiger partial charge in [-0.2, -0.15) is 8.42 Å². The summed E-state index contributed by atoms with van der Waals surface area (Å²) in [5.74, 6) is -0.532. The van der Waals surface area contributed by atoms with Crippen molar-refractivity contribution in [3.8, 4) is 0 Å². The van der Waals surface area contributed by atoms with Crippen LogP contribution in [-0.4, -0.2) is 27.1 Å². The SMILES string of the molecule is CCOC(=O)/C=C/[C@H](C)OS(=O)(=O)c1ccc(C)cc1. The van der Waals surface area contributed by atoms with Crippen molar-refractivity contribution in [3.63, 3.8) is 0 Å². The predicted molar refractivity (Wildman–Crippen MR) is 74.7 cm³/mol. The summed E-state index contributed by atoms with van der Waals surface area (Å²) in [6.07, 6.45) is 1.73. The largest absolute Gasteiger partial charge is 0.463 e. The maximum atomic E-state index is 12.0. The number of carbonyl (C=O) groups is 1. The molecule has 0 N–H and O–H groups in total. The molecule has 5 nitrogen and oxygen atoms in total. The molecule has 0 aliphatic heterocycles. The van der Waals surface area contributed by atoms with Crippen molar-refractivity contribution in [2.24, 2.45) is 0 Å². The van der Waals surface area contributed by atoms with Gasteiger partial charge in [0.25, 0.3) is 10.1 Å². The minimum absolute atomic E-state index is 0.0829. The van der Waals surface area contributed by atoms with Crippen LogP contribution in [0.3, 0.4) is 0 Å². The Morgan fingerprint density at radius 1 is 1.30 bits per heavy atom. The minimum atomic E-state index is -3.84. The first-order chi connectivity index (χ1) is 9.35. The third kappa shape index (κ3) is 5.14. The molecule has 1 aromatic rings. The summed E-state index contributed by atoms with van der Waals surface area (Å²) in [7, 11) is -3.84. The fourth-order valence-corrected chi connectivity index (χ4v) is 2.44. The number of benzene rings is 1. The van der Waals surface area contributed by atoms with Crippen LogP contribution in [-0.2, 0) is 23.8 Å². The van der Waals surface area contributed by atoms with Crippen LogP contribution in [0, 0.1) is 6.92 Å². The minimum Gasteiger partial charge on any atom is -0.463 e. The molecule has 0 amide bonds. The molecule has 0 spiro atoms. The summed E-state index contributed by atoms with van der Waals surface area (Å²) in [6, 6.07) is 6.34. The Morgan fingerprint density at radius 3 is 2.45 bits per heavy atom. The van der Waals surface area contributed by atoms with Crippen LogP contribution in [0.15, 0.2) is 41.3 Å². The fourth-order valence-electron chi connectivity index (χ4n) is 1.40. The molecule has 1 atom stereocenters. The second-order valence-electron chi connectivity index (χ2n) is 4.18. The van der Waals surface area contributed by atoms with Gasteiger partial charge in [-0.15, -0.1) is 0 Å². The smallest absolute Gasteiger partial charge is 0.330 e. The molecular weight excluding hydrogens is 280 g/mol. The van der Waals surface area contributed by atoms with E-state index >= 15 is 0 Å². The van der Waals surface area contributed by atoms with Gasteiger partial charge in [0.1, 0.15) is 0 Å². The highest BCUT2D eigenvalue weighted by Crippen LogP contribution is 2.15. The van der Waals surface area contributed by atoms with Gasteiger partial charge in [-0.1, -0.05) is 17.7 Å². The highest BCUT2D eigenvalue weighted by Gasteiger charge is 2.17. The molecule has 0 saturated carbocycles. The lowest BCUT2D eigenvalue weighted by Gasteiger charge is -2.09. The summed E-state index contributed by atoms with van der Waals surface area (Å²) in [5, 5.41) is 0. The van der Waals surface area contributed by atoms with E-state index in [0.29, 0.717) is 0 Å². The topological polar surface area (TPSA) is 69.7 Å². The van der Waals surface area contributed by atoms with Gasteiger partial charge in [-0.05, 0) is 39.0 Å². The van der Waals surface area contributed by atoms with Gasteiger partial charge >= 0.3 is 5.97 Å². The van der Waals surface area contributed by atoms with Crippen LogP contribution in [0.5, 0.6) is 0 Å². The van der Waals surface area contributed by atoms with Crippen LogP contribution < -0.4 is 0 Å². The van der Waals surface area contributed by atoms with Gasteiger partial charge in [0.2, 0.25) is 0 Å². The van der Waals surface area contributed by atoms with E-state index in [0.717, 1.165) is 11.6 Å². The predicted octanol–water partition coefficient (Wildman–Crippen LogP) is 2.21. The molecule has 0 aliphatic rings. The van der Waals surface area contributed by atoms with Gasteiger partial charge in [-0.25, -0.2) is 4.79 Å². The zero-order valence-electron chi connectivity index (χ0n) is 11.7. The lowest BCUT2D eigenvalue weighted by atomic mass is 10.2. The molecule has 0 aromatic heterocycles. The Balaban J connectivity index is 2.71. The third-order valence-corrected chi connectivity index (χ3v) is 3.78. The Bertz CT molecular complexity index is 572. The second-order valence-corrected chi connectivity index (χ2v) is 5.75. The maximum absolute atomic E-state index is 12.0. The lowest BCUT2D eigenvalue weighted by molar-refractivity contribution is -0.137. The monoisotopic (exact) mass is 298 g/mol. The van der Waals surface area contributed by atoms with E-state index in [-0.39, 0.29) is 11.5 Å². The molecule has 0 unspecified atom stereocenters. The highest BCUT2D eigenvalue weighted by molar-refractivity contribution is 7.86. The van der Waals surface area contributed by atoms with Crippen LogP contribution in [0.2, 0.25) is 0 Å². The van der Waals surface area contributed by atoms with Crippen molar-refractivity contribution in [2.75, 3.05) is 6.61 Å². The van der Waals surface area contributed by atoms with Crippen molar-refractivity contribution in [1.29, 1.82) is 0 Å². The summed E-state index contributed by atoms with van der Waals surface area (Å²) in [6.45, 7) is 5.34. The number of rotatable bonds is 6. The maximum Gasteiger partial charge on any atom is 0.330 e. The summed E-state index contributed by atoms with van der Waals surface area (Å²) in [4.78, 5) is 11.2. The molecule has 0 fully saturated rings. The molecule has 0 heterocycles. The number of aryl methyl sites for hydroxylation is 1. The standard InChI is InChI=1S/C14H18O5S/c1-4-18-14(15)10-7-12(3)19-20(16,17)13-8-5-11(2)6-9-13/h5-10,12H,4H2,1-3H3/b10-7+/t12-/m0/s1. The molecule has 0 aliphatic carbocycles. The molecule has 0 radical (unpaired) electrons. The zero-order valence-corrected chi connectivity index (χ0v) is 12.5. The van der Waals surface area contributed by atoms with Gasteiger partial charge in [0.15, 0.2) is 0 Å². The average Bonchev–Trinajstić information content (AvgIpc) is 2.37. The van der Waals surface area contributed by atoms with Crippen molar-refractivity contribution >= 4 is 16.1 Å². The van der Waals surface area contributed by atoms with E-state index in [9.17, 15) is 13.2 Å². The van der Waals surface area contributed by atoms with E-state index in [1.165, 1.54) is 25.1 Å². The first-order valence-electron chi connectivity index (χ1n) is 6.20. The normalized spacial score (nSPS) is 13.3. The highest BCUT2D eigenvalue weighted by atomic mass is 32.2. The van der Waals surface area contributed by atoms with E-state index in [1.807, 2.05) is 6.92 Å². The van der Waals surface area contributed by atoms with Gasteiger partial charge < -0.3 is 4.74 Å². The van der Waals surface area contributed by atoms with Gasteiger partial charge in [0.05, 0.1) is 17.6 Å². The van der Waals surface area contributed by atoms with E-state index in [4.69, 9.17) is 4.18 Å². The molecular formula is C14H18O5S.